The minimum absolute atomic E-state index is 0.262. The van der Waals surface area contributed by atoms with Crippen LogP contribution in [0.5, 0.6) is 5.75 Å². The molecule has 0 fully saturated rings. The van der Waals surface area contributed by atoms with Gasteiger partial charge >= 0.3 is 0 Å². The number of methoxy groups -OCH3 is 1. The summed E-state index contributed by atoms with van der Waals surface area (Å²) < 4.78 is 32.0. The first-order chi connectivity index (χ1) is 8.04. The lowest BCUT2D eigenvalue weighted by Gasteiger charge is -2.10. The molecule has 0 aliphatic carbocycles. The van der Waals surface area contributed by atoms with Gasteiger partial charge in [-0.25, -0.2) is 8.78 Å². The van der Waals surface area contributed by atoms with Crippen molar-refractivity contribution in [2.75, 3.05) is 7.11 Å². The number of hydrogen-bond acceptors (Lipinski definition) is 2. The van der Waals surface area contributed by atoms with E-state index in [0.717, 1.165) is 6.07 Å². The van der Waals surface area contributed by atoms with Gasteiger partial charge in [0.1, 0.15) is 5.75 Å². The molecular formula is C12H11F2NO2. The van der Waals surface area contributed by atoms with Gasteiger partial charge in [0.15, 0.2) is 0 Å². The third kappa shape index (κ3) is 1.88. The van der Waals surface area contributed by atoms with Crippen LogP contribution in [-0.4, -0.2) is 11.7 Å². The number of alkyl halides is 2. The SMILES string of the molecule is COc1ccc2c(c1)c(C(F)F)cc(=O)n2C. The Morgan fingerprint density at radius 3 is 2.59 bits per heavy atom. The largest absolute Gasteiger partial charge is 0.497 e. The molecule has 1 heterocycles. The summed E-state index contributed by atoms with van der Waals surface area (Å²) in [7, 11) is 3.01. The van der Waals surface area contributed by atoms with Gasteiger partial charge in [-0.15, -0.1) is 0 Å². The van der Waals surface area contributed by atoms with Crippen molar-refractivity contribution < 1.29 is 13.5 Å². The molecule has 5 heteroatoms. The lowest BCUT2D eigenvalue weighted by molar-refractivity contribution is 0.153. The van der Waals surface area contributed by atoms with Crippen molar-refractivity contribution >= 4 is 10.9 Å². The first-order valence-corrected chi connectivity index (χ1v) is 5.00. The van der Waals surface area contributed by atoms with Crippen LogP contribution in [0, 0.1) is 0 Å². The minimum atomic E-state index is -2.68. The van der Waals surface area contributed by atoms with E-state index in [-0.39, 0.29) is 5.56 Å². The van der Waals surface area contributed by atoms with Crippen molar-refractivity contribution in [3.05, 3.63) is 40.2 Å². The fourth-order valence-electron chi connectivity index (χ4n) is 1.77. The van der Waals surface area contributed by atoms with E-state index >= 15 is 0 Å². The number of ether oxygens (including phenoxy) is 1. The molecule has 3 nitrogen and oxygen atoms in total. The van der Waals surface area contributed by atoms with Crippen LogP contribution >= 0.6 is 0 Å². The average molecular weight is 239 g/mol. The Morgan fingerprint density at radius 2 is 2.00 bits per heavy atom. The number of nitrogens with zero attached hydrogens (tertiary/aromatic N) is 1. The maximum absolute atomic E-state index is 12.9. The number of aryl methyl sites for hydroxylation is 1. The van der Waals surface area contributed by atoms with Crippen LogP contribution in [0.4, 0.5) is 8.78 Å². The van der Waals surface area contributed by atoms with Crippen molar-refractivity contribution in [1.29, 1.82) is 0 Å². The number of aromatic nitrogens is 1. The molecule has 0 amide bonds. The topological polar surface area (TPSA) is 31.2 Å². The molecular weight excluding hydrogens is 228 g/mol. The van der Waals surface area contributed by atoms with E-state index in [2.05, 4.69) is 0 Å². The van der Waals surface area contributed by atoms with Gasteiger partial charge in [-0.2, -0.15) is 0 Å². The van der Waals surface area contributed by atoms with E-state index in [9.17, 15) is 13.6 Å². The predicted molar refractivity (Wildman–Crippen MR) is 60.7 cm³/mol. The van der Waals surface area contributed by atoms with Gasteiger partial charge in [0.2, 0.25) is 0 Å². The molecule has 0 aliphatic rings. The fourth-order valence-corrected chi connectivity index (χ4v) is 1.77. The standard InChI is InChI=1S/C12H11F2NO2/c1-15-10-4-3-7(17-2)5-8(10)9(12(13)14)6-11(15)16/h3-6,12H,1-2H3. The molecule has 2 rings (SSSR count). The van der Waals surface area contributed by atoms with Gasteiger partial charge < -0.3 is 9.30 Å². The molecule has 90 valence electrons. The lowest BCUT2D eigenvalue weighted by Crippen LogP contribution is -2.17. The molecule has 0 atom stereocenters. The molecule has 0 spiro atoms. The molecule has 17 heavy (non-hydrogen) atoms. The van der Waals surface area contributed by atoms with Crippen molar-refractivity contribution in [3.8, 4) is 5.75 Å². The Labute approximate surface area is 96.2 Å². The zero-order chi connectivity index (χ0) is 12.6. The van der Waals surface area contributed by atoms with Gasteiger partial charge in [-0.05, 0) is 18.2 Å². The number of fused-ring (bicyclic) bond motifs is 1. The summed E-state index contributed by atoms with van der Waals surface area (Å²) in [6.45, 7) is 0. The number of pyridine rings is 1. The highest BCUT2D eigenvalue weighted by atomic mass is 19.3. The zero-order valence-electron chi connectivity index (χ0n) is 9.41. The summed E-state index contributed by atoms with van der Waals surface area (Å²) in [5, 5.41) is 0.335. The van der Waals surface area contributed by atoms with Crippen LogP contribution in [0.25, 0.3) is 10.9 Å². The molecule has 1 aromatic carbocycles. The summed E-state index contributed by atoms with van der Waals surface area (Å²) in [5.74, 6) is 0.484. The van der Waals surface area contributed by atoms with Crippen molar-refractivity contribution in [2.24, 2.45) is 7.05 Å². The second kappa shape index (κ2) is 4.16. The summed E-state index contributed by atoms with van der Waals surface area (Å²) >= 11 is 0. The second-order valence-electron chi connectivity index (χ2n) is 3.68. The molecule has 1 aromatic heterocycles. The quantitative estimate of drug-likeness (QED) is 0.806. The van der Waals surface area contributed by atoms with Gasteiger partial charge in [0, 0.05) is 24.1 Å². The van der Waals surface area contributed by atoms with Gasteiger partial charge in [-0.3, -0.25) is 4.79 Å². The molecule has 0 unspecified atom stereocenters. The number of rotatable bonds is 2. The Balaban J connectivity index is 2.89. The minimum Gasteiger partial charge on any atom is -0.497 e. The van der Waals surface area contributed by atoms with Crippen LogP contribution in [-0.2, 0) is 7.05 Å². The number of benzene rings is 1. The van der Waals surface area contributed by atoms with E-state index in [0.29, 0.717) is 16.7 Å². The normalized spacial score (nSPS) is 11.1. The van der Waals surface area contributed by atoms with Crippen molar-refractivity contribution in [3.63, 3.8) is 0 Å². The predicted octanol–water partition coefficient (Wildman–Crippen LogP) is 2.48. The van der Waals surface area contributed by atoms with Gasteiger partial charge in [-0.1, -0.05) is 0 Å². The summed E-state index contributed by atoms with van der Waals surface area (Å²) in [6.07, 6.45) is -2.68. The Hall–Kier alpha value is -1.91. The third-order valence-electron chi connectivity index (χ3n) is 2.72. The molecule has 0 aliphatic heterocycles. The monoisotopic (exact) mass is 239 g/mol. The second-order valence-corrected chi connectivity index (χ2v) is 3.68. The highest BCUT2D eigenvalue weighted by Gasteiger charge is 2.15. The summed E-state index contributed by atoms with van der Waals surface area (Å²) in [6, 6.07) is 5.71. The van der Waals surface area contributed by atoms with Crippen LogP contribution in [0.2, 0.25) is 0 Å². The van der Waals surface area contributed by atoms with E-state index < -0.39 is 12.0 Å². The van der Waals surface area contributed by atoms with Crippen LogP contribution in [0.3, 0.4) is 0 Å². The zero-order valence-corrected chi connectivity index (χ0v) is 9.41. The van der Waals surface area contributed by atoms with Gasteiger partial charge in [0.25, 0.3) is 12.0 Å². The van der Waals surface area contributed by atoms with E-state index in [1.165, 1.54) is 17.7 Å². The van der Waals surface area contributed by atoms with Gasteiger partial charge in [0.05, 0.1) is 12.6 Å². The summed E-state index contributed by atoms with van der Waals surface area (Å²) in [4.78, 5) is 11.5. The first kappa shape index (κ1) is 11.6. The Kier molecular flexibility index (Phi) is 2.83. The highest BCUT2D eigenvalue weighted by molar-refractivity contribution is 5.84. The summed E-state index contributed by atoms with van der Waals surface area (Å²) in [5.41, 5.74) is -0.242. The van der Waals surface area contributed by atoms with E-state index in [1.807, 2.05) is 0 Å². The Bertz CT molecular complexity index is 620. The fraction of sp³-hybridized carbons (Fsp3) is 0.250. The number of halogens is 2. The van der Waals surface area contributed by atoms with Crippen LogP contribution in [0.15, 0.2) is 29.1 Å². The highest BCUT2D eigenvalue weighted by Crippen LogP contribution is 2.28. The molecule has 0 bridgehead atoms. The molecule has 2 aromatic rings. The van der Waals surface area contributed by atoms with E-state index in [1.54, 1.807) is 19.2 Å². The van der Waals surface area contributed by atoms with Crippen LogP contribution < -0.4 is 10.3 Å². The average Bonchev–Trinajstić information content (AvgIpc) is 2.32. The van der Waals surface area contributed by atoms with Crippen LogP contribution in [0.1, 0.15) is 12.0 Å². The maximum Gasteiger partial charge on any atom is 0.264 e. The molecule has 0 N–H and O–H groups in total. The van der Waals surface area contributed by atoms with Crippen molar-refractivity contribution in [1.82, 2.24) is 4.57 Å². The lowest BCUT2D eigenvalue weighted by atomic mass is 10.1. The van der Waals surface area contributed by atoms with E-state index in [4.69, 9.17) is 4.74 Å². The maximum atomic E-state index is 12.9. The Morgan fingerprint density at radius 1 is 1.29 bits per heavy atom. The first-order valence-electron chi connectivity index (χ1n) is 5.00. The molecule has 0 saturated heterocycles. The molecule has 0 saturated carbocycles. The molecule has 0 radical (unpaired) electrons. The number of hydrogen-bond donors (Lipinski definition) is 0. The van der Waals surface area contributed by atoms with Crippen molar-refractivity contribution in [2.45, 2.75) is 6.43 Å². The smallest absolute Gasteiger partial charge is 0.264 e. The third-order valence-corrected chi connectivity index (χ3v) is 2.72.